The van der Waals surface area contributed by atoms with Gasteiger partial charge in [-0.3, -0.25) is 0 Å². The lowest BCUT2D eigenvalue weighted by Gasteiger charge is -2.20. The van der Waals surface area contributed by atoms with Gasteiger partial charge in [-0.1, -0.05) is 6.07 Å². The van der Waals surface area contributed by atoms with E-state index in [4.69, 9.17) is 0 Å². The van der Waals surface area contributed by atoms with Gasteiger partial charge in [0.15, 0.2) is 0 Å². The molecule has 0 saturated heterocycles. The van der Waals surface area contributed by atoms with E-state index < -0.39 is 0 Å². The smallest absolute Gasteiger partial charge is 0.337 e. The van der Waals surface area contributed by atoms with Crippen molar-refractivity contribution in [3.05, 3.63) is 34.9 Å². The first-order chi connectivity index (χ1) is 7.20. The molecule has 1 N–H and O–H groups in total. The van der Waals surface area contributed by atoms with Crippen molar-refractivity contribution >= 4 is 5.97 Å². The number of esters is 1. The monoisotopic (exact) mass is 206 g/mol. The minimum absolute atomic E-state index is 0.235. The first kappa shape index (κ1) is 10.2. The Kier molecular flexibility index (Phi) is 2.73. The van der Waals surface area contributed by atoms with E-state index in [2.05, 4.69) is 4.74 Å². The van der Waals surface area contributed by atoms with Gasteiger partial charge in [0.05, 0.1) is 18.8 Å². The average Bonchev–Trinajstić information content (AvgIpc) is 2.27. The minimum Gasteiger partial charge on any atom is -0.465 e. The summed E-state index contributed by atoms with van der Waals surface area (Å²) in [5, 5.41) is 9.49. The van der Waals surface area contributed by atoms with Crippen molar-refractivity contribution in [1.82, 2.24) is 0 Å². The highest BCUT2D eigenvalue weighted by Crippen LogP contribution is 2.22. The van der Waals surface area contributed by atoms with Crippen molar-refractivity contribution in [3.8, 4) is 0 Å². The third kappa shape index (κ3) is 2.02. The highest BCUT2D eigenvalue weighted by atomic mass is 16.5. The van der Waals surface area contributed by atoms with Crippen molar-refractivity contribution in [2.75, 3.05) is 7.11 Å². The van der Waals surface area contributed by atoms with Gasteiger partial charge in [-0.15, -0.1) is 0 Å². The molecule has 0 aliphatic heterocycles. The molecule has 0 spiro atoms. The Morgan fingerprint density at radius 1 is 1.47 bits per heavy atom. The predicted molar refractivity (Wildman–Crippen MR) is 55.8 cm³/mol. The van der Waals surface area contributed by atoms with Crippen molar-refractivity contribution in [1.29, 1.82) is 0 Å². The second-order valence-corrected chi connectivity index (χ2v) is 3.87. The highest BCUT2D eigenvalue weighted by Gasteiger charge is 2.17. The summed E-state index contributed by atoms with van der Waals surface area (Å²) in [6.45, 7) is 0. The summed E-state index contributed by atoms with van der Waals surface area (Å²) in [5.74, 6) is -0.302. The number of rotatable bonds is 1. The first-order valence-corrected chi connectivity index (χ1v) is 5.09. The number of benzene rings is 1. The zero-order valence-corrected chi connectivity index (χ0v) is 8.69. The molecule has 0 radical (unpaired) electrons. The molecule has 0 bridgehead atoms. The van der Waals surface area contributed by atoms with Gasteiger partial charge in [0.1, 0.15) is 0 Å². The van der Waals surface area contributed by atoms with Crippen LogP contribution in [0.1, 0.15) is 27.9 Å². The maximum absolute atomic E-state index is 11.3. The zero-order chi connectivity index (χ0) is 10.8. The molecule has 3 nitrogen and oxygen atoms in total. The van der Waals surface area contributed by atoms with Gasteiger partial charge in [-0.05, 0) is 42.5 Å². The lowest BCUT2D eigenvalue weighted by atomic mass is 9.89. The lowest BCUT2D eigenvalue weighted by molar-refractivity contribution is 0.0600. The molecule has 1 atom stereocenters. The van der Waals surface area contributed by atoms with Crippen LogP contribution in [0.2, 0.25) is 0 Å². The van der Waals surface area contributed by atoms with E-state index in [1.54, 1.807) is 6.07 Å². The summed E-state index contributed by atoms with van der Waals surface area (Å²) in [5.41, 5.74) is 2.89. The molecule has 0 saturated carbocycles. The fourth-order valence-corrected chi connectivity index (χ4v) is 1.98. The predicted octanol–water partition coefficient (Wildman–Crippen LogP) is 1.32. The van der Waals surface area contributed by atoms with Crippen molar-refractivity contribution in [3.63, 3.8) is 0 Å². The maximum Gasteiger partial charge on any atom is 0.337 e. The van der Waals surface area contributed by atoms with E-state index in [1.807, 2.05) is 12.1 Å². The summed E-state index contributed by atoms with van der Waals surface area (Å²) >= 11 is 0. The molecule has 0 fully saturated rings. The van der Waals surface area contributed by atoms with Crippen LogP contribution in [0.3, 0.4) is 0 Å². The quantitative estimate of drug-likeness (QED) is 0.705. The fourth-order valence-electron chi connectivity index (χ4n) is 1.98. The Morgan fingerprint density at radius 3 is 3.00 bits per heavy atom. The van der Waals surface area contributed by atoms with Crippen molar-refractivity contribution in [2.24, 2.45) is 0 Å². The summed E-state index contributed by atoms with van der Waals surface area (Å²) < 4.78 is 4.66. The number of methoxy groups -OCH3 is 1. The van der Waals surface area contributed by atoms with E-state index in [9.17, 15) is 9.90 Å². The van der Waals surface area contributed by atoms with Crippen LogP contribution >= 0.6 is 0 Å². The topological polar surface area (TPSA) is 46.5 Å². The van der Waals surface area contributed by atoms with Crippen LogP contribution in [0, 0.1) is 0 Å². The van der Waals surface area contributed by atoms with Crippen molar-refractivity contribution < 1.29 is 14.6 Å². The summed E-state index contributed by atoms with van der Waals surface area (Å²) in [4.78, 5) is 11.3. The van der Waals surface area contributed by atoms with Crippen LogP contribution in [0.4, 0.5) is 0 Å². The molecular weight excluding hydrogens is 192 g/mol. The van der Waals surface area contributed by atoms with E-state index in [-0.39, 0.29) is 12.1 Å². The molecule has 0 heterocycles. The van der Waals surface area contributed by atoms with Crippen LogP contribution in [0.5, 0.6) is 0 Å². The molecule has 1 aromatic carbocycles. The summed E-state index contributed by atoms with van der Waals surface area (Å²) in [7, 11) is 1.38. The van der Waals surface area contributed by atoms with E-state index in [1.165, 1.54) is 7.11 Å². The molecule has 1 aromatic rings. The van der Waals surface area contributed by atoms with Gasteiger partial charge in [0, 0.05) is 0 Å². The Balaban J connectivity index is 2.30. The van der Waals surface area contributed by atoms with Crippen LogP contribution in [-0.2, 0) is 17.6 Å². The molecule has 1 aliphatic carbocycles. The van der Waals surface area contributed by atoms with Gasteiger partial charge in [0.25, 0.3) is 0 Å². The Labute approximate surface area is 88.7 Å². The molecule has 15 heavy (non-hydrogen) atoms. The van der Waals surface area contributed by atoms with Crippen LogP contribution < -0.4 is 0 Å². The van der Waals surface area contributed by atoms with Gasteiger partial charge in [-0.25, -0.2) is 4.79 Å². The Hall–Kier alpha value is -1.35. The van der Waals surface area contributed by atoms with Crippen LogP contribution in [0.25, 0.3) is 0 Å². The van der Waals surface area contributed by atoms with E-state index >= 15 is 0 Å². The summed E-state index contributed by atoms with van der Waals surface area (Å²) in [6.07, 6.45) is 2.07. The Bertz CT molecular complexity index is 384. The molecule has 3 heteroatoms. The second-order valence-electron chi connectivity index (χ2n) is 3.87. The highest BCUT2D eigenvalue weighted by molar-refractivity contribution is 5.89. The zero-order valence-electron chi connectivity index (χ0n) is 8.69. The number of ether oxygens (including phenoxy) is 1. The van der Waals surface area contributed by atoms with Gasteiger partial charge >= 0.3 is 5.97 Å². The number of hydrogen-bond acceptors (Lipinski definition) is 3. The third-order valence-corrected chi connectivity index (χ3v) is 2.83. The van der Waals surface area contributed by atoms with Crippen LogP contribution in [0.15, 0.2) is 18.2 Å². The number of carbonyl (C=O) groups is 1. The summed E-state index contributed by atoms with van der Waals surface area (Å²) in [6, 6.07) is 5.53. The lowest BCUT2D eigenvalue weighted by Crippen LogP contribution is -2.19. The molecule has 2 rings (SSSR count). The molecular formula is C12H14O3. The number of aryl methyl sites for hydroxylation is 1. The standard InChI is InChI=1S/C12H14O3/c1-15-12(14)10-3-2-9-7-11(13)5-4-8(9)6-10/h2-3,6,11,13H,4-5,7H2,1H3/t11-/m1/s1. The van der Waals surface area contributed by atoms with Gasteiger partial charge in [0.2, 0.25) is 0 Å². The van der Waals surface area contributed by atoms with E-state index in [0.29, 0.717) is 12.0 Å². The maximum atomic E-state index is 11.3. The molecule has 0 unspecified atom stereocenters. The molecule has 0 amide bonds. The average molecular weight is 206 g/mol. The van der Waals surface area contributed by atoms with Crippen molar-refractivity contribution in [2.45, 2.75) is 25.4 Å². The Morgan fingerprint density at radius 2 is 2.27 bits per heavy atom. The number of fused-ring (bicyclic) bond motifs is 1. The largest absolute Gasteiger partial charge is 0.465 e. The fraction of sp³-hybridized carbons (Fsp3) is 0.417. The molecule has 1 aliphatic rings. The van der Waals surface area contributed by atoms with Gasteiger partial charge in [-0.2, -0.15) is 0 Å². The second kappa shape index (κ2) is 4.03. The SMILES string of the molecule is COC(=O)c1ccc2c(c1)CC[C@@H](O)C2. The third-order valence-electron chi connectivity index (χ3n) is 2.83. The van der Waals surface area contributed by atoms with Crippen LogP contribution in [-0.4, -0.2) is 24.3 Å². The van der Waals surface area contributed by atoms with Gasteiger partial charge < -0.3 is 9.84 Å². The number of aliphatic hydroxyl groups is 1. The number of carbonyl (C=O) groups excluding carboxylic acids is 1. The number of hydrogen-bond donors (Lipinski definition) is 1. The minimum atomic E-state index is -0.302. The van der Waals surface area contributed by atoms with E-state index in [0.717, 1.165) is 24.0 Å². The first-order valence-electron chi connectivity index (χ1n) is 5.09. The number of aliphatic hydroxyl groups excluding tert-OH is 1. The molecule has 0 aromatic heterocycles. The molecule has 80 valence electrons. The normalized spacial score (nSPS) is 19.5.